The lowest BCUT2D eigenvalue weighted by molar-refractivity contribution is 0.709. The molecule has 3 heteroatoms. The summed E-state index contributed by atoms with van der Waals surface area (Å²) in [5.74, 6) is 0. The maximum atomic E-state index is 5.94. The van der Waals surface area contributed by atoms with Crippen molar-refractivity contribution in [3.63, 3.8) is 0 Å². The van der Waals surface area contributed by atoms with E-state index in [-0.39, 0.29) is 6.04 Å². The van der Waals surface area contributed by atoms with E-state index in [1.54, 1.807) is 5.54 Å². The van der Waals surface area contributed by atoms with Crippen LogP contribution in [0, 0.1) is 0 Å². The van der Waals surface area contributed by atoms with Gasteiger partial charge in [0.05, 0.1) is 0 Å². The van der Waals surface area contributed by atoms with E-state index in [0.717, 1.165) is 19.5 Å². The largest absolute Gasteiger partial charge is 0.367 e. The molecular weight excluding hydrogens is 244 g/mol. The third-order valence-corrected chi connectivity index (χ3v) is 3.84. The molecule has 0 bridgehead atoms. The zero-order chi connectivity index (χ0) is 13.1. The summed E-state index contributed by atoms with van der Waals surface area (Å²) in [7, 11) is 0. The molecule has 0 fully saturated rings. The number of rotatable bonds is 3. The van der Waals surface area contributed by atoms with Crippen molar-refractivity contribution in [2.75, 3.05) is 18.0 Å². The lowest BCUT2D eigenvalue weighted by Crippen LogP contribution is -2.31. The van der Waals surface area contributed by atoms with Gasteiger partial charge in [0.15, 0.2) is 0 Å². The molecular formula is C15H21ClN2. The molecule has 2 N–H and O–H groups in total. The van der Waals surface area contributed by atoms with Crippen LogP contribution < -0.4 is 10.6 Å². The second kappa shape index (κ2) is 5.77. The van der Waals surface area contributed by atoms with Crippen molar-refractivity contribution in [1.29, 1.82) is 0 Å². The van der Waals surface area contributed by atoms with Gasteiger partial charge in [0.2, 0.25) is 0 Å². The predicted octanol–water partition coefficient (Wildman–Crippen LogP) is 3.60. The molecule has 0 aromatic heterocycles. The number of aryl methyl sites for hydroxylation is 1. The van der Waals surface area contributed by atoms with Crippen LogP contribution in [-0.4, -0.2) is 13.1 Å². The van der Waals surface area contributed by atoms with Crippen LogP contribution in [0.1, 0.15) is 37.4 Å². The van der Waals surface area contributed by atoms with Crippen LogP contribution in [0.5, 0.6) is 0 Å². The molecule has 0 saturated heterocycles. The maximum Gasteiger partial charge on any atom is 0.0401 e. The zero-order valence-corrected chi connectivity index (χ0v) is 11.9. The molecule has 0 radical (unpaired) electrons. The van der Waals surface area contributed by atoms with Crippen LogP contribution in [0.4, 0.5) is 5.69 Å². The van der Waals surface area contributed by atoms with E-state index in [0.29, 0.717) is 0 Å². The lowest BCUT2D eigenvalue weighted by atomic mass is 9.97. The van der Waals surface area contributed by atoms with Gasteiger partial charge in [-0.25, -0.2) is 0 Å². The Morgan fingerprint density at radius 3 is 3.00 bits per heavy atom. The van der Waals surface area contributed by atoms with E-state index in [2.05, 4.69) is 30.0 Å². The summed E-state index contributed by atoms with van der Waals surface area (Å²) in [6, 6.07) is 6.71. The molecule has 0 spiro atoms. The summed E-state index contributed by atoms with van der Waals surface area (Å²) >= 11 is 5.76. The van der Waals surface area contributed by atoms with Crippen molar-refractivity contribution in [3.8, 4) is 0 Å². The summed E-state index contributed by atoms with van der Waals surface area (Å²) in [5, 5.41) is 0. The Morgan fingerprint density at radius 2 is 2.33 bits per heavy atom. The number of benzene rings is 1. The molecule has 1 aromatic carbocycles. The molecule has 2 nitrogen and oxygen atoms in total. The zero-order valence-electron chi connectivity index (χ0n) is 11.1. The van der Waals surface area contributed by atoms with E-state index in [1.165, 1.54) is 28.8 Å². The molecule has 2 rings (SSSR count). The molecule has 1 aromatic rings. The van der Waals surface area contributed by atoms with Crippen LogP contribution in [0.2, 0.25) is 0 Å². The molecule has 1 aliphatic rings. The number of nitrogens with two attached hydrogens (primary N) is 1. The third kappa shape index (κ3) is 2.88. The topological polar surface area (TPSA) is 29.3 Å². The first kappa shape index (κ1) is 13.4. The van der Waals surface area contributed by atoms with Crippen LogP contribution in [0.3, 0.4) is 0 Å². The average Bonchev–Trinajstić information content (AvgIpc) is 2.38. The number of anilines is 1. The van der Waals surface area contributed by atoms with Crippen LogP contribution in [-0.2, 0) is 6.42 Å². The number of hydrogen-bond donors (Lipinski definition) is 1. The summed E-state index contributed by atoms with van der Waals surface area (Å²) in [6.45, 7) is 6.11. The number of nitrogens with zero attached hydrogens (tertiary/aromatic N) is 1. The van der Waals surface area contributed by atoms with Gasteiger partial charge in [0, 0.05) is 30.4 Å². The normalized spacial score (nSPS) is 17.6. The molecule has 18 heavy (non-hydrogen) atoms. The van der Waals surface area contributed by atoms with Crippen molar-refractivity contribution in [2.45, 2.75) is 32.7 Å². The van der Waals surface area contributed by atoms with Gasteiger partial charge in [-0.2, -0.15) is 0 Å². The Kier molecular flexibility index (Phi) is 4.31. The van der Waals surface area contributed by atoms with Crippen LogP contribution >= 0.6 is 11.6 Å². The summed E-state index contributed by atoms with van der Waals surface area (Å²) < 4.78 is 0. The summed E-state index contributed by atoms with van der Waals surface area (Å²) in [4.78, 5) is 2.40. The van der Waals surface area contributed by atoms with Gasteiger partial charge in [-0.05, 0) is 49.5 Å². The molecule has 1 aliphatic heterocycles. The highest BCUT2D eigenvalue weighted by atomic mass is 35.5. The Hall–Kier alpha value is -0.990. The molecule has 1 heterocycles. The third-order valence-electron chi connectivity index (χ3n) is 3.47. The van der Waals surface area contributed by atoms with E-state index in [4.69, 9.17) is 17.3 Å². The molecule has 98 valence electrons. The molecule has 0 saturated carbocycles. The molecule has 0 aliphatic carbocycles. The number of halogens is 1. The first-order chi connectivity index (χ1) is 8.61. The Balaban J connectivity index is 2.27. The van der Waals surface area contributed by atoms with E-state index in [1.807, 2.05) is 6.92 Å². The van der Waals surface area contributed by atoms with Crippen LogP contribution in [0.15, 0.2) is 29.3 Å². The van der Waals surface area contributed by atoms with Crippen LogP contribution in [0.25, 0.3) is 0 Å². The highest BCUT2D eigenvalue weighted by Crippen LogP contribution is 2.29. The van der Waals surface area contributed by atoms with Gasteiger partial charge < -0.3 is 10.6 Å². The average molecular weight is 265 g/mol. The number of fused-ring (bicyclic) bond motifs is 1. The second-order valence-electron chi connectivity index (χ2n) is 5.16. The highest BCUT2D eigenvalue weighted by Gasteiger charge is 2.17. The van der Waals surface area contributed by atoms with Gasteiger partial charge in [-0.1, -0.05) is 23.7 Å². The van der Waals surface area contributed by atoms with E-state index < -0.39 is 0 Å². The maximum absolute atomic E-state index is 5.94. The van der Waals surface area contributed by atoms with Crippen molar-refractivity contribution >= 4 is 17.3 Å². The minimum Gasteiger partial charge on any atom is -0.367 e. The Morgan fingerprint density at radius 1 is 1.56 bits per heavy atom. The highest BCUT2D eigenvalue weighted by molar-refractivity contribution is 6.25. The molecule has 1 unspecified atom stereocenters. The SMILES string of the molecule is C/C(=C\Cl)CN1CCCc2cc(C(C)N)ccc21. The quantitative estimate of drug-likeness (QED) is 0.904. The Labute approximate surface area is 114 Å². The standard InChI is InChI=1S/C15H21ClN2/c1-11(9-16)10-18-7-3-4-14-8-13(12(2)17)5-6-15(14)18/h5-6,8-9,12H,3-4,7,10,17H2,1-2H3/b11-9+. The summed E-state index contributed by atoms with van der Waals surface area (Å²) in [6.07, 6.45) is 2.35. The minimum atomic E-state index is 0.107. The first-order valence-corrected chi connectivity index (χ1v) is 6.94. The first-order valence-electron chi connectivity index (χ1n) is 6.51. The van der Waals surface area contributed by atoms with Gasteiger partial charge >= 0.3 is 0 Å². The lowest BCUT2D eigenvalue weighted by Gasteiger charge is -2.32. The summed E-state index contributed by atoms with van der Waals surface area (Å²) in [5.41, 5.74) is 12.8. The predicted molar refractivity (Wildman–Crippen MR) is 79.2 cm³/mol. The Bertz CT molecular complexity index is 452. The molecule has 1 atom stereocenters. The van der Waals surface area contributed by atoms with E-state index >= 15 is 0 Å². The fourth-order valence-corrected chi connectivity index (χ4v) is 2.55. The fourth-order valence-electron chi connectivity index (χ4n) is 2.48. The van der Waals surface area contributed by atoms with Crippen molar-refractivity contribution in [3.05, 3.63) is 40.4 Å². The van der Waals surface area contributed by atoms with Crippen molar-refractivity contribution in [1.82, 2.24) is 0 Å². The van der Waals surface area contributed by atoms with Gasteiger partial charge in [-0.15, -0.1) is 0 Å². The minimum absolute atomic E-state index is 0.107. The van der Waals surface area contributed by atoms with E-state index in [9.17, 15) is 0 Å². The van der Waals surface area contributed by atoms with Gasteiger partial charge in [-0.3, -0.25) is 0 Å². The number of hydrogen-bond acceptors (Lipinski definition) is 2. The second-order valence-corrected chi connectivity index (χ2v) is 5.38. The smallest absolute Gasteiger partial charge is 0.0401 e. The van der Waals surface area contributed by atoms with Gasteiger partial charge in [0.25, 0.3) is 0 Å². The monoisotopic (exact) mass is 264 g/mol. The molecule has 0 amide bonds. The fraction of sp³-hybridized carbons (Fsp3) is 0.467. The van der Waals surface area contributed by atoms with Crippen molar-refractivity contribution < 1.29 is 0 Å². The van der Waals surface area contributed by atoms with Crippen molar-refractivity contribution in [2.24, 2.45) is 5.73 Å². The van der Waals surface area contributed by atoms with Gasteiger partial charge in [0.1, 0.15) is 0 Å².